The van der Waals surface area contributed by atoms with E-state index in [1.54, 1.807) is 29.2 Å². The van der Waals surface area contributed by atoms with E-state index in [2.05, 4.69) is 10.6 Å². The number of anilines is 1. The fourth-order valence-corrected chi connectivity index (χ4v) is 1.85. The van der Waals surface area contributed by atoms with Gasteiger partial charge >= 0.3 is 6.03 Å². The summed E-state index contributed by atoms with van der Waals surface area (Å²) in [4.78, 5) is 13.7. The summed E-state index contributed by atoms with van der Waals surface area (Å²) in [7, 11) is 0. The molecule has 1 fully saturated rings. The molecule has 0 bridgehead atoms. The maximum atomic E-state index is 11.9. The van der Waals surface area contributed by atoms with Crippen LogP contribution in [0.4, 0.5) is 10.5 Å². The molecular formula is C12H15ClN3O. The number of carbonyl (C=O) groups excluding carboxylic acids is 1. The third kappa shape index (κ3) is 3.61. The average Bonchev–Trinajstić information content (AvgIpc) is 2.61. The number of halogens is 1. The fraction of sp³-hybridized carbons (Fsp3) is 0.417. The lowest BCUT2D eigenvalue weighted by molar-refractivity contribution is 0.215. The standard InChI is InChI=1S/C12H15ClN3O/c13-10-2-4-11(5-3-10)15-12(17)16-8-1-6-14-7-9-16/h2-5H,1,6-9H2,(H,15,17). The predicted octanol–water partition coefficient (Wildman–Crippen LogP) is 2.18. The molecule has 0 spiro atoms. The van der Waals surface area contributed by atoms with Gasteiger partial charge in [0, 0.05) is 36.9 Å². The van der Waals surface area contributed by atoms with Gasteiger partial charge in [0.2, 0.25) is 0 Å². The minimum atomic E-state index is -0.0653. The molecule has 1 aromatic rings. The maximum absolute atomic E-state index is 11.9. The van der Waals surface area contributed by atoms with Crippen LogP contribution >= 0.6 is 11.6 Å². The number of carbonyl (C=O) groups is 1. The number of hydrogen-bond acceptors (Lipinski definition) is 1. The molecule has 0 aliphatic carbocycles. The van der Waals surface area contributed by atoms with Crippen molar-refractivity contribution in [2.45, 2.75) is 6.42 Å². The number of benzene rings is 1. The zero-order chi connectivity index (χ0) is 12.1. The second-order valence-corrected chi connectivity index (χ2v) is 4.38. The van der Waals surface area contributed by atoms with Gasteiger partial charge in [0.15, 0.2) is 0 Å². The first kappa shape index (κ1) is 12.2. The van der Waals surface area contributed by atoms with Crippen LogP contribution in [0.5, 0.6) is 0 Å². The van der Waals surface area contributed by atoms with Crippen molar-refractivity contribution in [3.63, 3.8) is 0 Å². The second-order valence-electron chi connectivity index (χ2n) is 3.95. The van der Waals surface area contributed by atoms with Crippen LogP contribution in [-0.4, -0.2) is 37.1 Å². The Labute approximate surface area is 106 Å². The monoisotopic (exact) mass is 252 g/mol. The fourth-order valence-electron chi connectivity index (χ4n) is 1.73. The van der Waals surface area contributed by atoms with Crippen molar-refractivity contribution in [2.24, 2.45) is 0 Å². The van der Waals surface area contributed by atoms with Crippen molar-refractivity contribution in [2.75, 3.05) is 31.5 Å². The number of urea groups is 1. The predicted molar refractivity (Wildman–Crippen MR) is 68.5 cm³/mol. The van der Waals surface area contributed by atoms with Crippen molar-refractivity contribution < 1.29 is 4.79 Å². The van der Waals surface area contributed by atoms with Gasteiger partial charge in [-0.2, -0.15) is 0 Å². The van der Waals surface area contributed by atoms with Crippen LogP contribution in [0.15, 0.2) is 24.3 Å². The van der Waals surface area contributed by atoms with Crippen molar-refractivity contribution in [3.05, 3.63) is 29.3 Å². The Kier molecular flexibility index (Phi) is 4.23. The molecule has 1 saturated heterocycles. The minimum absolute atomic E-state index is 0.0653. The summed E-state index contributed by atoms with van der Waals surface area (Å²) in [6, 6.07) is 7.04. The topological polar surface area (TPSA) is 46.4 Å². The molecule has 0 atom stereocenters. The van der Waals surface area contributed by atoms with Crippen molar-refractivity contribution in [3.8, 4) is 0 Å². The molecule has 5 heteroatoms. The van der Waals surface area contributed by atoms with Crippen LogP contribution in [0.1, 0.15) is 6.42 Å². The highest BCUT2D eigenvalue weighted by atomic mass is 35.5. The molecule has 1 N–H and O–H groups in total. The van der Waals surface area contributed by atoms with Gasteiger partial charge < -0.3 is 10.2 Å². The van der Waals surface area contributed by atoms with E-state index in [0.29, 0.717) is 11.6 Å². The molecule has 1 heterocycles. The lowest BCUT2D eigenvalue weighted by Gasteiger charge is -2.20. The summed E-state index contributed by atoms with van der Waals surface area (Å²) in [6.07, 6.45) is 0.939. The largest absolute Gasteiger partial charge is 0.323 e. The molecular weight excluding hydrogens is 238 g/mol. The minimum Gasteiger partial charge on any atom is -0.323 e. The van der Waals surface area contributed by atoms with Crippen LogP contribution in [0.2, 0.25) is 5.02 Å². The molecule has 1 aliphatic heterocycles. The van der Waals surface area contributed by atoms with E-state index in [-0.39, 0.29) is 6.03 Å². The van der Waals surface area contributed by atoms with Gasteiger partial charge in [-0.15, -0.1) is 0 Å². The number of nitrogens with zero attached hydrogens (tertiary/aromatic N) is 2. The van der Waals surface area contributed by atoms with Gasteiger partial charge in [0.05, 0.1) is 0 Å². The first-order valence-corrected chi connectivity index (χ1v) is 6.08. The number of rotatable bonds is 1. The van der Waals surface area contributed by atoms with Crippen LogP contribution in [0.3, 0.4) is 0 Å². The Balaban J connectivity index is 1.93. The average molecular weight is 253 g/mol. The number of nitrogens with one attached hydrogen (secondary N) is 1. The smallest absolute Gasteiger partial charge is 0.321 e. The Morgan fingerprint density at radius 3 is 2.76 bits per heavy atom. The van der Waals surface area contributed by atoms with E-state index in [1.807, 2.05) is 0 Å². The van der Waals surface area contributed by atoms with Crippen LogP contribution < -0.4 is 10.6 Å². The Morgan fingerprint density at radius 2 is 2.00 bits per heavy atom. The van der Waals surface area contributed by atoms with Crippen molar-refractivity contribution in [1.29, 1.82) is 0 Å². The highest BCUT2D eigenvalue weighted by Crippen LogP contribution is 2.14. The zero-order valence-corrected chi connectivity index (χ0v) is 10.3. The molecule has 0 aromatic heterocycles. The van der Waals surface area contributed by atoms with Crippen LogP contribution in [-0.2, 0) is 0 Å². The third-order valence-corrected chi connectivity index (χ3v) is 2.91. The molecule has 0 saturated carbocycles. The molecule has 4 nitrogen and oxygen atoms in total. The lowest BCUT2D eigenvalue weighted by Crippen LogP contribution is -2.37. The van der Waals surface area contributed by atoms with Gasteiger partial charge in [-0.3, -0.25) is 0 Å². The zero-order valence-electron chi connectivity index (χ0n) is 9.53. The SMILES string of the molecule is O=C(Nc1ccc(Cl)cc1)N1CCC[N]CC1. The van der Waals surface area contributed by atoms with Gasteiger partial charge in [0.25, 0.3) is 0 Å². The third-order valence-electron chi connectivity index (χ3n) is 2.65. The van der Waals surface area contributed by atoms with E-state index in [9.17, 15) is 4.79 Å². The Morgan fingerprint density at radius 1 is 1.24 bits per heavy atom. The highest BCUT2D eigenvalue weighted by molar-refractivity contribution is 6.30. The van der Waals surface area contributed by atoms with Gasteiger partial charge in [0.1, 0.15) is 0 Å². The van der Waals surface area contributed by atoms with Crippen LogP contribution in [0, 0.1) is 0 Å². The first-order chi connectivity index (χ1) is 8.25. The number of hydrogen-bond donors (Lipinski definition) is 1. The van der Waals surface area contributed by atoms with E-state index >= 15 is 0 Å². The summed E-state index contributed by atoms with van der Waals surface area (Å²) < 4.78 is 0. The lowest BCUT2D eigenvalue weighted by atomic mass is 10.3. The van der Waals surface area contributed by atoms with Crippen molar-refractivity contribution in [1.82, 2.24) is 10.2 Å². The summed E-state index contributed by atoms with van der Waals surface area (Å²) in [5, 5.41) is 7.80. The molecule has 0 unspecified atom stereocenters. The van der Waals surface area contributed by atoms with Crippen molar-refractivity contribution >= 4 is 23.3 Å². The second kappa shape index (κ2) is 5.89. The molecule has 2 amide bonds. The van der Waals surface area contributed by atoms with Gasteiger partial charge in [-0.25, -0.2) is 10.1 Å². The number of amides is 2. The Bertz CT molecular complexity index is 372. The normalized spacial score (nSPS) is 16.4. The van der Waals surface area contributed by atoms with Gasteiger partial charge in [-0.1, -0.05) is 11.6 Å². The highest BCUT2D eigenvalue weighted by Gasteiger charge is 2.15. The molecule has 1 radical (unpaired) electrons. The van der Waals surface area contributed by atoms with E-state index < -0.39 is 0 Å². The summed E-state index contributed by atoms with van der Waals surface area (Å²) >= 11 is 5.78. The Hall–Kier alpha value is -1.26. The van der Waals surface area contributed by atoms with E-state index in [1.165, 1.54) is 0 Å². The molecule has 1 aromatic carbocycles. The summed E-state index contributed by atoms with van der Waals surface area (Å²) in [6.45, 7) is 3.04. The first-order valence-electron chi connectivity index (χ1n) is 5.70. The van der Waals surface area contributed by atoms with Crippen LogP contribution in [0.25, 0.3) is 0 Å². The maximum Gasteiger partial charge on any atom is 0.321 e. The summed E-state index contributed by atoms with van der Waals surface area (Å²) in [5.41, 5.74) is 0.764. The molecule has 17 heavy (non-hydrogen) atoms. The summed E-state index contributed by atoms with van der Waals surface area (Å²) in [5.74, 6) is 0. The molecule has 91 valence electrons. The van der Waals surface area contributed by atoms with E-state index in [0.717, 1.165) is 31.7 Å². The molecule has 2 rings (SSSR count). The quantitative estimate of drug-likeness (QED) is 0.818. The van der Waals surface area contributed by atoms with E-state index in [4.69, 9.17) is 11.6 Å². The van der Waals surface area contributed by atoms with Gasteiger partial charge in [-0.05, 0) is 30.7 Å². The molecule has 1 aliphatic rings.